The summed E-state index contributed by atoms with van der Waals surface area (Å²) < 4.78 is 0. The third kappa shape index (κ3) is 7.43. The average Bonchev–Trinajstić information content (AvgIpc) is 4.48. The van der Waals surface area contributed by atoms with Gasteiger partial charge in [-0.3, -0.25) is 19.6 Å². The molecule has 0 bridgehead atoms. The van der Waals surface area contributed by atoms with E-state index in [0.717, 1.165) is 167 Å². The van der Waals surface area contributed by atoms with E-state index in [2.05, 4.69) is 19.6 Å². The molecule has 0 amide bonds. The molecule has 0 aromatic heterocycles. The first-order chi connectivity index (χ1) is 38.2. The van der Waals surface area contributed by atoms with Crippen LogP contribution in [0.15, 0.2) is 0 Å². The molecule has 1 spiro atoms. The van der Waals surface area contributed by atoms with E-state index in [4.69, 9.17) is 0 Å². The molecule has 18 fully saturated rings. The van der Waals surface area contributed by atoms with E-state index in [1.807, 2.05) is 0 Å². The topological polar surface area (TPSA) is 13.0 Å². The van der Waals surface area contributed by atoms with E-state index in [1.165, 1.54) is 0 Å². The van der Waals surface area contributed by atoms with Crippen LogP contribution in [0.2, 0.25) is 0 Å². The smallest absolute Gasteiger partial charge is 0.0133 e. The van der Waals surface area contributed by atoms with E-state index in [9.17, 15) is 0 Å². The Morgan fingerprint density at radius 2 is 0.338 bits per heavy atom. The van der Waals surface area contributed by atoms with Gasteiger partial charge < -0.3 is 0 Å². The van der Waals surface area contributed by atoms with Crippen LogP contribution in [0, 0.1) is 100 Å². The molecule has 0 aromatic carbocycles. The Morgan fingerprint density at radius 1 is 0.169 bits per heavy atom. The van der Waals surface area contributed by atoms with Gasteiger partial charge in [0.2, 0.25) is 0 Å². The predicted molar refractivity (Wildman–Crippen MR) is 314 cm³/mol. The highest BCUT2D eigenvalue weighted by Gasteiger charge is 2.75. The van der Waals surface area contributed by atoms with E-state index in [1.54, 1.807) is 283 Å². The van der Waals surface area contributed by atoms with Crippen molar-refractivity contribution < 1.29 is 0 Å². The summed E-state index contributed by atoms with van der Waals surface area (Å²) >= 11 is 0. The predicted octanol–water partition coefficient (Wildman–Crippen LogP) is 16.9. The maximum absolute atomic E-state index is 3.53. The van der Waals surface area contributed by atoms with Gasteiger partial charge in [-0.25, -0.2) is 0 Å². The first kappa shape index (κ1) is 50.2. The van der Waals surface area contributed by atoms with Crippen molar-refractivity contribution in [3.05, 3.63) is 0 Å². The van der Waals surface area contributed by atoms with Gasteiger partial charge in [0, 0.05) is 72.5 Å². The molecule has 77 heavy (non-hydrogen) atoms. The van der Waals surface area contributed by atoms with Crippen molar-refractivity contribution in [3.63, 3.8) is 0 Å². The lowest BCUT2D eigenvalue weighted by molar-refractivity contribution is -0.0860. The van der Waals surface area contributed by atoms with Crippen LogP contribution < -0.4 is 0 Å². The molecular formula is C73H116N4. The molecule has 28 unspecified atom stereocenters. The fraction of sp³-hybridized carbons (Fsp3) is 1.00. The van der Waals surface area contributed by atoms with Gasteiger partial charge in [-0.15, -0.1) is 0 Å². The third-order valence-corrected chi connectivity index (χ3v) is 32.4. The zero-order valence-electron chi connectivity index (χ0n) is 49.6. The second kappa shape index (κ2) is 20.0. The third-order valence-electron chi connectivity index (χ3n) is 32.4. The molecule has 18 aliphatic rings. The quantitative estimate of drug-likeness (QED) is 0.278. The van der Waals surface area contributed by atoms with Crippen LogP contribution in [0.25, 0.3) is 0 Å². The largest absolute Gasteiger partial charge is 0.294 e. The zero-order valence-corrected chi connectivity index (χ0v) is 49.6. The van der Waals surface area contributed by atoms with Gasteiger partial charge >= 0.3 is 0 Å². The van der Waals surface area contributed by atoms with Crippen LogP contribution in [0.5, 0.6) is 0 Å². The van der Waals surface area contributed by atoms with Crippen LogP contribution in [-0.4, -0.2) is 92.1 Å². The summed E-state index contributed by atoms with van der Waals surface area (Å²) in [6.07, 6.45) is 69.7. The Bertz CT molecular complexity index is 1740. The Balaban J connectivity index is 0.772. The van der Waals surface area contributed by atoms with Crippen molar-refractivity contribution in [3.8, 4) is 0 Å². The fourth-order valence-corrected chi connectivity index (χ4v) is 31.0. The maximum Gasteiger partial charge on any atom is 0.0133 e. The van der Waals surface area contributed by atoms with Crippen molar-refractivity contribution in [1.29, 1.82) is 0 Å². The summed E-state index contributed by atoms with van der Waals surface area (Å²) in [6.45, 7) is 0. The van der Waals surface area contributed by atoms with Crippen LogP contribution in [0.4, 0.5) is 0 Å². The van der Waals surface area contributed by atoms with E-state index < -0.39 is 0 Å². The second-order valence-corrected chi connectivity index (χ2v) is 33.9. The molecule has 4 nitrogen and oxygen atoms in total. The lowest BCUT2D eigenvalue weighted by atomic mass is 9.51. The van der Waals surface area contributed by atoms with Gasteiger partial charge in [0.15, 0.2) is 0 Å². The first-order valence-corrected chi connectivity index (χ1v) is 37.3. The Morgan fingerprint density at radius 3 is 0.519 bits per heavy atom. The molecule has 4 aliphatic heterocycles. The van der Waals surface area contributed by atoms with Crippen LogP contribution in [-0.2, 0) is 0 Å². The van der Waals surface area contributed by atoms with Crippen molar-refractivity contribution in [1.82, 2.24) is 19.6 Å². The van der Waals surface area contributed by atoms with Crippen molar-refractivity contribution in [2.24, 2.45) is 100 Å². The minimum absolute atomic E-state index is 0.615. The highest BCUT2D eigenvalue weighted by atomic mass is 15.3. The molecule has 0 N–H and O–H groups in total. The lowest BCUT2D eigenvalue weighted by Gasteiger charge is -2.57. The highest BCUT2D eigenvalue weighted by Crippen LogP contribution is 2.79. The monoisotopic (exact) mass is 1050 g/mol. The highest BCUT2D eigenvalue weighted by molar-refractivity contribution is 5.25. The molecule has 18 rings (SSSR count). The average molecular weight is 1050 g/mol. The summed E-state index contributed by atoms with van der Waals surface area (Å²) in [6, 6.07) is 11.3. The molecule has 0 aromatic rings. The summed E-state index contributed by atoms with van der Waals surface area (Å²) in [5.74, 6) is 16.8. The molecule has 4 saturated heterocycles. The molecule has 14 saturated carbocycles. The van der Waals surface area contributed by atoms with E-state index >= 15 is 0 Å². The van der Waals surface area contributed by atoms with Gasteiger partial charge in [0.1, 0.15) is 0 Å². The number of nitrogens with zero attached hydrogens (tertiary/aromatic N) is 4. The SMILES string of the molecule is C1CCC2C(C1)C1CCCCC1N2C1CCC2C3CCC(N4C5CCCCC5C5CCCCC54)CC3C3(C2C1)C1CC(N2C4CCCCC4C4CCCCC42)CCC1C1CCC(N2C4CCCCC4C4CCCCC42)CC13. The molecule has 4 heterocycles. The Labute approximate surface area is 472 Å². The molecule has 4 heteroatoms. The number of fused-ring (bicyclic) bond motifs is 22. The van der Waals surface area contributed by atoms with Crippen molar-refractivity contribution in [2.75, 3.05) is 0 Å². The summed E-state index contributed by atoms with van der Waals surface area (Å²) in [4.78, 5) is 14.1. The Kier molecular flexibility index (Phi) is 13.0. The van der Waals surface area contributed by atoms with Gasteiger partial charge in [0.25, 0.3) is 0 Å². The number of rotatable bonds is 4. The standard InChI is InChI=1S/C73H116N4/c1-9-25-65-53(17-1)54-18-2-10-26-66(54)74(65)45-33-37-49-50-38-34-46(75-67-27-11-3-19-55(67)56-20-4-12-28-68(56)75)42-62(50)73(61(49)41-45)63-43-47(76-69-29-13-5-21-57(69)58-22-6-14-30-70(58)76)35-39-51(63)52-40-36-48(44-64(52)73)77-71-31-15-7-23-59(71)60-24-8-16-32-72(60)77/h45-72H,1-44H2. The summed E-state index contributed by atoms with van der Waals surface area (Å²) in [7, 11) is 0. The van der Waals surface area contributed by atoms with Gasteiger partial charge in [-0.2, -0.15) is 0 Å². The number of hydrogen-bond acceptors (Lipinski definition) is 4. The first-order valence-electron chi connectivity index (χ1n) is 37.3. The van der Waals surface area contributed by atoms with Gasteiger partial charge in [0.05, 0.1) is 0 Å². The van der Waals surface area contributed by atoms with Gasteiger partial charge in [-0.05, 0) is 280 Å². The number of hydrogen-bond donors (Lipinski definition) is 0. The molecule has 0 radical (unpaired) electrons. The normalized spacial score (nSPS) is 58.3. The van der Waals surface area contributed by atoms with Gasteiger partial charge in [-0.1, -0.05) is 103 Å². The molecule has 428 valence electrons. The summed E-state index contributed by atoms with van der Waals surface area (Å²) in [5.41, 5.74) is 0.615. The van der Waals surface area contributed by atoms with E-state index in [0.29, 0.717) is 5.41 Å². The van der Waals surface area contributed by atoms with Crippen molar-refractivity contribution >= 4 is 0 Å². The zero-order chi connectivity index (χ0) is 50.1. The molecule has 14 aliphatic carbocycles. The van der Waals surface area contributed by atoms with Crippen LogP contribution >= 0.6 is 0 Å². The second-order valence-electron chi connectivity index (χ2n) is 33.9. The van der Waals surface area contributed by atoms with Crippen molar-refractivity contribution in [2.45, 2.75) is 355 Å². The van der Waals surface area contributed by atoms with Crippen LogP contribution in [0.3, 0.4) is 0 Å². The molecular weight excluding hydrogens is 933 g/mol. The lowest BCUT2D eigenvalue weighted by Crippen LogP contribution is -2.57. The fourth-order valence-electron chi connectivity index (χ4n) is 31.0. The molecule has 28 atom stereocenters. The number of likely N-dealkylation sites (tertiary alicyclic amines) is 4. The minimum Gasteiger partial charge on any atom is -0.294 e. The maximum atomic E-state index is 3.53. The summed E-state index contributed by atoms with van der Waals surface area (Å²) in [5, 5.41) is 0. The Hall–Kier alpha value is -0.160. The van der Waals surface area contributed by atoms with E-state index in [-0.39, 0.29) is 0 Å². The minimum atomic E-state index is 0.615. The van der Waals surface area contributed by atoms with Crippen LogP contribution in [0.1, 0.15) is 283 Å².